The largest absolute Gasteiger partial charge is 0.508 e. The Kier molecular flexibility index (Phi) is 3.45. The summed E-state index contributed by atoms with van der Waals surface area (Å²) in [6.45, 7) is 3.12. The maximum Gasteiger partial charge on any atom is 0.411 e. The first-order valence-electron chi connectivity index (χ1n) is 7.26. The van der Waals surface area contributed by atoms with Crippen molar-refractivity contribution in [3.05, 3.63) is 29.3 Å². The lowest BCUT2D eigenvalue weighted by atomic mass is 9.94. The van der Waals surface area contributed by atoms with Gasteiger partial charge < -0.3 is 14.9 Å². The number of hydrogen-bond donors (Lipinski definition) is 2. The highest BCUT2D eigenvalue weighted by Crippen LogP contribution is 2.28. The van der Waals surface area contributed by atoms with E-state index in [0.29, 0.717) is 5.56 Å². The zero-order chi connectivity index (χ0) is 16.5. The summed E-state index contributed by atoms with van der Waals surface area (Å²) in [4.78, 5) is 24.8. The molecule has 1 atom stereocenters. The Hall–Kier alpha value is -2.24. The lowest BCUT2D eigenvalue weighted by Gasteiger charge is -2.35. The Morgan fingerprint density at radius 3 is 2.76 bits per heavy atom. The fraction of sp³-hybridized carbons (Fsp3) is 0.467. The van der Waals surface area contributed by atoms with Crippen LogP contribution in [0.2, 0.25) is 0 Å². The number of carboxylic acids is 1. The number of phenols is 1. The molecule has 2 N–H and O–H groups in total. The number of amides is 1. The van der Waals surface area contributed by atoms with E-state index in [0.717, 1.165) is 10.5 Å². The van der Waals surface area contributed by atoms with Gasteiger partial charge in [-0.25, -0.2) is 9.59 Å². The summed E-state index contributed by atoms with van der Waals surface area (Å²) in [7, 11) is 0. The topological polar surface area (TPSA) is 87.1 Å². The van der Waals surface area contributed by atoms with Gasteiger partial charge in [-0.15, -0.1) is 0 Å². The highest BCUT2D eigenvalue weighted by molar-refractivity contribution is 5.81. The Balaban J connectivity index is 2.28. The summed E-state index contributed by atoms with van der Waals surface area (Å²) in [5.41, 5.74) is 0.492. The maximum absolute atomic E-state index is 12.3. The first kappa shape index (κ1) is 13.7. The first-order valence-corrected chi connectivity index (χ1v) is 6.56. The smallest absolute Gasteiger partial charge is 0.411 e. The molecule has 1 heterocycles. The molecule has 114 valence electrons. The predicted octanol–water partition coefficient (Wildman–Crippen LogP) is 2.14. The van der Waals surface area contributed by atoms with Crippen LogP contribution in [-0.4, -0.2) is 38.8 Å². The van der Waals surface area contributed by atoms with E-state index >= 15 is 0 Å². The summed E-state index contributed by atoms with van der Waals surface area (Å²) in [6.07, 6.45) is -0.611. The van der Waals surface area contributed by atoms with E-state index in [2.05, 4.69) is 0 Å². The molecule has 1 aromatic carbocycles. The molecular formula is C15H19NO5. The van der Waals surface area contributed by atoms with Crippen molar-refractivity contribution in [3.8, 4) is 5.75 Å². The normalized spacial score (nSPS) is 18.7. The zero-order valence-electron chi connectivity index (χ0n) is 13.0. The monoisotopic (exact) mass is 294 g/mol. The van der Waals surface area contributed by atoms with Crippen molar-refractivity contribution in [1.29, 1.82) is 0 Å². The van der Waals surface area contributed by atoms with E-state index in [1.807, 2.05) is 0 Å². The third kappa shape index (κ3) is 3.45. The Morgan fingerprint density at radius 2 is 2.14 bits per heavy atom. The van der Waals surface area contributed by atoms with Crippen LogP contribution in [0.5, 0.6) is 5.75 Å². The first-order chi connectivity index (χ1) is 10.2. The Labute approximate surface area is 124 Å². The van der Waals surface area contributed by atoms with E-state index in [1.165, 1.54) is 12.1 Å². The van der Waals surface area contributed by atoms with Crippen molar-refractivity contribution in [3.63, 3.8) is 0 Å². The quantitative estimate of drug-likeness (QED) is 0.828. The molecule has 0 aliphatic carbocycles. The number of fused-ring (bicyclic) bond motifs is 1. The van der Waals surface area contributed by atoms with Gasteiger partial charge in [0.05, 0.1) is 6.54 Å². The summed E-state index contributed by atoms with van der Waals surface area (Å²) < 4.78 is 12.6. The molecule has 1 aliphatic rings. The molecule has 6 heteroatoms. The van der Waals surface area contributed by atoms with Crippen LogP contribution in [-0.2, 0) is 22.5 Å². The van der Waals surface area contributed by atoms with Crippen LogP contribution in [0, 0.1) is 0 Å². The van der Waals surface area contributed by atoms with Gasteiger partial charge in [-0.05, 0) is 44.0 Å². The number of phenolic OH excluding ortho intramolecular Hbond substituents is 1. The highest BCUT2D eigenvalue weighted by atomic mass is 16.6. The standard InChI is InChI=1S/C15H19NO5/c1-15(2,3)21-14(20)16-8-10-6-11(17)5-4-9(10)7-12(16)13(18)19/h4-6,12,17H,7-8H2,1-3H3,(H,18,19)/i1D. The lowest BCUT2D eigenvalue weighted by molar-refractivity contribution is -0.143. The Morgan fingerprint density at radius 1 is 1.43 bits per heavy atom. The molecular weight excluding hydrogens is 274 g/mol. The van der Waals surface area contributed by atoms with E-state index in [9.17, 15) is 19.8 Å². The molecule has 1 aromatic rings. The van der Waals surface area contributed by atoms with Crippen molar-refractivity contribution in [2.24, 2.45) is 0 Å². The number of nitrogens with zero attached hydrogens (tertiary/aromatic N) is 1. The van der Waals surface area contributed by atoms with Crippen LogP contribution < -0.4 is 0 Å². The summed E-state index contributed by atoms with van der Waals surface area (Å²) >= 11 is 0. The molecule has 0 spiro atoms. The number of rotatable bonds is 1. The van der Waals surface area contributed by atoms with Crippen LogP contribution in [0.25, 0.3) is 0 Å². The summed E-state index contributed by atoms with van der Waals surface area (Å²) in [5, 5.41) is 18.9. The van der Waals surface area contributed by atoms with Crippen LogP contribution in [0.4, 0.5) is 4.79 Å². The molecule has 21 heavy (non-hydrogen) atoms. The zero-order valence-corrected chi connectivity index (χ0v) is 12.0. The molecule has 0 bridgehead atoms. The second-order valence-corrected chi connectivity index (χ2v) is 5.77. The third-order valence-electron chi connectivity index (χ3n) is 3.20. The molecule has 0 radical (unpaired) electrons. The van der Waals surface area contributed by atoms with E-state index in [1.54, 1.807) is 19.9 Å². The van der Waals surface area contributed by atoms with Gasteiger partial charge in [-0.3, -0.25) is 4.90 Å². The average molecular weight is 294 g/mol. The molecule has 1 amide bonds. The summed E-state index contributed by atoms with van der Waals surface area (Å²) in [6, 6.07) is 3.65. The molecule has 0 aromatic heterocycles. The second-order valence-electron chi connectivity index (χ2n) is 5.77. The number of carbonyl (C=O) groups is 2. The number of carboxylic acid groups (broad SMARTS) is 1. The highest BCUT2D eigenvalue weighted by Gasteiger charge is 2.37. The van der Waals surface area contributed by atoms with E-state index in [-0.39, 0.29) is 25.6 Å². The number of benzene rings is 1. The predicted molar refractivity (Wildman–Crippen MR) is 75.0 cm³/mol. The number of aliphatic carboxylic acids is 1. The van der Waals surface area contributed by atoms with E-state index in [4.69, 9.17) is 6.11 Å². The van der Waals surface area contributed by atoms with Gasteiger partial charge in [-0.2, -0.15) is 0 Å². The Bertz CT molecular complexity index is 602. The van der Waals surface area contributed by atoms with Gasteiger partial charge in [0.2, 0.25) is 0 Å². The van der Waals surface area contributed by atoms with Crippen molar-refractivity contribution in [2.75, 3.05) is 0 Å². The lowest BCUT2D eigenvalue weighted by Crippen LogP contribution is -2.50. The number of ether oxygens (including phenoxy) is 1. The number of aromatic hydroxyl groups is 1. The summed E-state index contributed by atoms with van der Waals surface area (Å²) in [5.74, 6) is -1.05. The fourth-order valence-electron chi connectivity index (χ4n) is 2.28. The number of carbonyl (C=O) groups excluding carboxylic acids is 1. The van der Waals surface area contributed by atoms with Gasteiger partial charge in [0.1, 0.15) is 17.4 Å². The van der Waals surface area contributed by atoms with Crippen LogP contribution in [0.1, 0.15) is 33.2 Å². The van der Waals surface area contributed by atoms with Crippen molar-refractivity contribution in [2.45, 2.75) is 45.4 Å². The minimum Gasteiger partial charge on any atom is -0.508 e. The molecule has 6 nitrogen and oxygen atoms in total. The van der Waals surface area contributed by atoms with Gasteiger partial charge in [0, 0.05) is 7.79 Å². The van der Waals surface area contributed by atoms with Crippen LogP contribution in [0.15, 0.2) is 18.2 Å². The molecule has 1 aliphatic heterocycles. The fourth-order valence-corrected chi connectivity index (χ4v) is 2.28. The average Bonchev–Trinajstić information content (AvgIpc) is 2.45. The maximum atomic E-state index is 12.3. The SMILES string of the molecule is [2H]CC(C)(C)OC(=O)N1Cc2cc(O)ccc2CC1C(=O)O. The van der Waals surface area contributed by atoms with Crippen molar-refractivity contribution >= 4 is 12.1 Å². The number of hydrogen-bond acceptors (Lipinski definition) is 4. The molecule has 0 saturated heterocycles. The van der Waals surface area contributed by atoms with Crippen molar-refractivity contribution < 1.29 is 25.9 Å². The van der Waals surface area contributed by atoms with Crippen LogP contribution >= 0.6 is 0 Å². The van der Waals surface area contributed by atoms with Gasteiger partial charge in [0.25, 0.3) is 0 Å². The molecule has 0 fully saturated rings. The third-order valence-corrected chi connectivity index (χ3v) is 3.20. The minimum absolute atomic E-state index is 0.0492. The molecule has 2 rings (SSSR count). The van der Waals surface area contributed by atoms with Gasteiger partial charge >= 0.3 is 12.1 Å². The second kappa shape index (κ2) is 5.27. The van der Waals surface area contributed by atoms with E-state index < -0.39 is 23.7 Å². The molecule has 0 saturated carbocycles. The van der Waals surface area contributed by atoms with Crippen LogP contribution in [0.3, 0.4) is 0 Å². The molecule has 1 unspecified atom stereocenters. The van der Waals surface area contributed by atoms with Gasteiger partial charge in [-0.1, -0.05) is 6.07 Å². The minimum atomic E-state index is -1.11. The van der Waals surface area contributed by atoms with Gasteiger partial charge in [0.15, 0.2) is 0 Å². The van der Waals surface area contributed by atoms with Crippen molar-refractivity contribution in [1.82, 2.24) is 4.90 Å².